The zero-order valence-electron chi connectivity index (χ0n) is 14.8. The first kappa shape index (κ1) is 20.2. The molecule has 0 bridgehead atoms. The van der Waals surface area contributed by atoms with Crippen LogP contribution < -0.4 is 5.32 Å². The molecule has 0 fully saturated rings. The summed E-state index contributed by atoms with van der Waals surface area (Å²) in [6, 6.07) is 8.55. The molecular weight excluding hydrogens is 409 g/mol. The first-order chi connectivity index (χ1) is 13.2. The molecule has 2 aromatic carbocycles. The topological polar surface area (TPSA) is 59.1 Å². The SMILES string of the molecule is CC(C)(C(=O)Nc1ncc(-c2ccc(F)c(F)c2)s1)S(=O)c1ccc(F)cc1. The summed E-state index contributed by atoms with van der Waals surface area (Å²) in [7, 11) is -1.73. The Kier molecular flexibility index (Phi) is 5.66. The number of aromatic nitrogens is 1. The zero-order valence-corrected chi connectivity index (χ0v) is 16.5. The van der Waals surface area contributed by atoms with Crippen LogP contribution in [-0.4, -0.2) is 19.8 Å². The largest absolute Gasteiger partial charge is 0.301 e. The molecule has 146 valence electrons. The minimum Gasteiger partial charge on any atom is -0.301 e. The molecule has 0 radical (unpaired) electrons. The number of hydrogen-bond donors (Lipinski definition) is 1. The van der Waals surface area contributed by atoms with Crippen LogP contribution in [0.15, 0.2) is 53.6 Å². The van der Waals surface area contributed by atoms with Gasteiger partial charge in [-0.15, -0.1) is 0 Å². The second-order valence-corrected chi connectivity index (χ2v) is 9.41. The fraction of sp³-hybridized carbons (Fsp3) is 0.158. The van der Waals surface area contributed by atoms with E-state index in [0.29, 0.717) is 15.3 Å². The predicted octanol–water partition coefficient (Wildman–Crippen LogP) is 4.75. The molecule has 0 aliphatic heterocycles. The Morgan fingerprint density at radius 1 is 1.07 bits per heavy atom. The summed E-state index contributed by atoms with van der Waals surface area (Å²) in [5, 5.41) is 2.82. The van der Waals surface area contributed by atoms with Crippen molar-refractivity contribution >= 4 is 33.2 Å². The third-order valence-electron chi connectivity index (χ3n) is 3.97. The first-order valence-electron chi connectivity index (χ1n) is 8.08. The van der Waals surface area contributed by atoms with E-state index in [-0.39, 0.29) is 5.13 Å². The van der Waals surface area contributed by atoms with Crippen molar-refractivity contribution in [3.05, 3.63) is 66.1 Å². The first-order valence-corrected chi connectivity index (χ1v) is 10.1. The molecule has 1 amide bonds. The van der Waals surface area contributed by atoms with Crippen LogP contribution in [0.1, 0.15) is 13.8 Å². The van der Waals surface area contributed by atoms with Gasteiger partial charge in [-0.05, 0) is 55.8 Å². The molecule has 1 atom stereocenters. The number of hydrogen-bond acceptors (Lipinski definition) is 4. The summed E-state index contributed by atoms with van der Waals surface area (Å²) in [5.74, 6) is -2.93. The van der Waals surface area contributed by atoms with Crippen molar-refractivity contribution in [2.75, 3.05) is 5.32 Å². The summed E-state index contributed by atoms with van der Waals surface area (Å²) in [4.78, 5) is 17.6. The molecule has 1 heterocycles. The van der Waals surface area contributed by atoms with Crippen LogP contribution in [0.4, 0.5) is 18.3 Å². The van der Waals surface area contributed by atoms with Crippen molar-refractivity contribution in [2.45, 2.75) is 23.5 Å². The van der Waals surface area contributed by atoms with Gasteiger partial charge in [0, 0.05) is 11.1 Å². The second kappa shape index (κ2) is 7.84. The zero-order chi connectivity index (χ0) is 20.5. The summed E-state index contributed by atoms with van der Waals surface area (Å²) in [5.41, 5.74) is 0.422. The number of amides is 1. The Labute approximate surface area is 165 Å². The Balaban J connectivity index is 1.76. The predicted molar refractivity (Wildman–Crippen MR) is 103 cm³/mol. The Bertz CT molecular complexity index is 1050. The van der Waals surface area contributed by atoms with Crippen molar-refractivity contribution in [2.24, 2.45) is 0 Å². The number of nitrogens with zero attached hydrogens (tertiary/aromatic N) is 1. The maximum atomic E-state index is 13.4. The molecule has 1 unspecified atom stereocenters. The van der Waals surface area contributed by atoms with E-state index in [4.69, 9.17) is 0 Å². The maximum Gasteiger partial charge on any atom is 0.244 e. The van der Waals surface area contributed by atoms with Gasteiger partial charge in [-0.3, -0.25) is 9.00 Å². The van der Waals surface area contributed by atoms with E-state index in [1.165, 1.54) is 50.4 Å². The highest BCUT2D eigenvalue weighted by atomic mass is 32.2. The van der Waals surface area contributed by atoms with Gasteiger partial charge in [0.05, 0.1) is 15.7 Å². The Hall–Kier alpha value is -2.52. The quantitative estimate of drug-likeness (QED) is 0.643. The fourth-order valence-corrected chi connectivity index (χ4v) is 4.30. The smallest absolute Gasteiger partial charge is 0.244 e. The van der Waals surface area contributed by atoms with Gasteiger partial charge in [-0.1, -0.05) is 17.4 Å². The lowest BCUT2D eigenvalue weighted by Gasteiger charge is -2.22. The number of anilines is 1. The highest BCUT2D eigenvalue weighted by molar-refractivity contribution is 7.87. The molecule has 0 aliphatic rings. The van der Waals surface area contributed by atoms with E-state index >= 15 is 0 Å². The number of rotatable bonds is 5. The Morgan fingerprint density at radius 3 is 2.39 bits per heavy atom. The van der Waals surface area contributed by atoms with Crippen LogP contribution in [0.25, 0.3) is 10.4 Å². The van der Waals surface area contributed by atoms with Crippen molar-refractivity contribution in [3.8, 4) is 10.4 Å². The molecule has 3 aromatic rings. The van der Waals surface area contributed by atoms with E-state index in [9.17, 15) is 22.2 Å². The third kappa shape index (κ3) is 4.15. The summed E-state index contributed by atoms with van der Waals surface area (Å²) in [6.07, 6.45) is 1.43. The van der Waals surface area contributed by atoms with Crippen LogP contribution >= 0.6 is 11.3 Å². The van der Waals surface area contributed by atoms with E-state index in [2.05, 4.69) is 10.3 Å². The minimum absolute atomic E-state index is 0.230. The van der Waals surface area contributed by atoms with Crippen LogP contribution in [0.2, 0.25) is 0 Å². The molecule has 3 rings (SSSR count). The number of halogens is 3. The number of carbonyl (C=O) groups is 1. The van der Waals surface area contributed by atoms with E-state index < -0.39 is 38.9 Å². The minimum atomic E-state index is -1.73. The summed E-state index contributed by atoms with van der Waals surface area (Å²) < 4.78 is 50.9. The standard InChI is InChI=1S/C19H15F3N2O2S2/c1-19(2,28(26)13-6-4-12(20)5-7-13)17(25)24-18-23-10-16(27-18)11-3-8-14(21)15(22)9-11/h3-10H,1-2H3,(H,23,24,25). The van der Waals surface area contributed by atoms with Crippen LogP contribution in [-0.2, 0) is 15.6 Å². The van der Waals surface area contributed by atoms with Crippen LogP contribution in [0, 0.1) is 17.5 Å². The van der Waals surface area contributed by atoms with E-state index in [0.717, 1.165) is 23.5 Å². The van der Waals surface area contributed by atoms with Crippen molar-refractivity contribution in [1.29, 1.82) is 0 Å². The summed E-state index contributed by atoms with van der Waals surface area (Å²) in [6.45, 7) is 3.01. The monoisotopic (exact) mass is 424 g/mol. The molecule has 0 aliphatic carbocycles. The van der Waals surface area contributed by atoms with Gasteiger partial charge in [0.2, 0.25) is 5.91 Å². The van der Waals surface area contributed by atoms with Crippen molar-refractivity contribution < 1.29 is 22.2 Å². The molecule has 28 heavy (non-hydrogen) atoms. The van der Waals surface area contributed by atoms with Gasteiger partial charge >= 0.3 is 0 Å². The number of thiazole rings is 1. The number of benzene rings is 2. The number of carbonyl (C=O) groups excluding carboxylic acids is 1. The highest BCUT2D eigenvalue weighted by Gasteiger charge is 2.36. The van der Waals surface area contributed by atoms with Crippen LogP contribution in [0.3, 0.4) is 0 Å². The third-order valence-corrected chi connectivity index (χ3v) is 6.74. The molecule has 1 N–H and O–H groups in total. The van der Waals surface area contributed by atoms with Gasteiger partial charge in [0.15, 0.2) is 16.8 Å². The van der Waals surface area contributed by atoms with Gasteiger partial charge in [0.25, 0.3) is 0 Å². The average molecular weight is 424 g/mol. The molecule has 1 aromatic heterocycles. The normalized spacial score (nSPS) is 12.6. The highest BCUT2D eigenvalue weighted by Crippen LogP contribution is 2.31. The molecule has 0 saturated carbocycles. The van der Waals surface area contributed by atoms with Crippen LogP contribution in [0.5, 0.6) is 0 Å². The van der Waals surface area contributed by atoms with Crippen molar-refractivity contribution in [1.82, 2.24) is 4.98 Å². The lowest BCUT2D eigenvalue weighted by Crippen LogP contribution is -2.41. The average Bonchev–Trinajstić information content (AvgIpc) is 3.12. The molecule has 4 nitrogen and oxygen atoms in total. The lowest BCUT2D eigenvalue weighted by atomic mass is 10.2. The molecule has 9 heteroatoms. The molecule has 0 spiro atoms. The second-order valence-electron chi connectivity index (χ2n) is 6.35. The maximum absolute atomic E-state index is 13.4. The number of nitrogens with one attached hydrogen (secondary N) is 1. The summed E-state index contributed by atoms with van der Waals surface area (Å²) >= 11 is 1.07. The fourth-order valence-electron chi connectivity index (χ4n) is 2.30. The lowest BCUT2D eigenvalue weighted by molar-refractivity contribution is -0.117. The van der Waals surface area contributed by atoms with E-state index in [1.54, 1.807) is 0 Å². The Morgan fingerprint density at radius 2 is 1.75 bits per heavy atom. The molecule has 0 saturated heterocycles. The van der Waals surface area contributed by atoms with Crippen molar-refractivity contribution in [3.63, 3.8) is 0 Å². The van der Waals surface area contributed by atoms with Gasteiger partial charge < -0.3 is 5.32 Å². The molecular formula is C19H15F3N2O2S2. The van der Waals surface area contributed by atoms with E-state index in [1.807, 2.05) is 0 Å². The van der Waals surface area contributed by atoms with Gasteiger partial charge in [-0.25, -0.2) is 18.2 Å². The van der Waals surface area contributed by atoms with Gasteiger partial charge in [-0.2, -0.15) is 0 Å². The van der Waals surface area contributed by atoms with Gasteiger partial charge in [0.1, 0.15) is 10.6 Å².